The Morgan fingerprint density at radius 3 is 0.724 bits per heavy atom. The van der Waals surface area contributed by atoms with Crippen LogP contribution >= 0.6 is 0 Å². The molecule has 0 aromatic carbocycles. The van der Waals surface area contributed by atoms with E-state index in [0.717, 1.165) is 0 Å². The summed E-state index contributed by atoms with van der Waals surface area (Å²) in [6.45, 7) is 4.61. The smallest absolute Gasteiger partial charge is 0.146 e. The summed E-state index contributed by atoms with van der Waals surface area (Å²) in [7, 11) is 0. The summed E-state index contributed by atoms with van der Waals surface area (Å²) in [5, 5.41) is 0. The summed E-state index contributed by atoms with van der Waals surface area (Å²) >= 11 is 0.295. The third-order valence-electron chi connectivity index (χ3n) is 6.71. The van der Waals surface area contributed by atoms with E-state index in [0.29, 0.717) is 20.4 Å². The molecule has 29 heavy (non-hydrogen) atoms. The third kappa shape index (κ3) is 28.8. The highest BCUT2D eigenvalue weighted by Gasteiger charge is 1.98. The highest BCUT2D eigenvalue weighted by molar-refractivity contribution is 6.35. The number of unbranched alkanes of at least 4 members (excludes halogenated alkanes) is 22. The molecule has 0 amide bonds. The van der Waals surface area contributed by atoms with Crippen LogP contribution in [0.1, 0.15) is 168 Å². The zero-order chi connectivity index (χ0) is 21.1. The fourth-order valence-corrected chi connectivity index (χ4v) is 6.33. The first-order chi connectivity index (χ1) is 14.4. The molecule has 0 heterocycles. The van der Waals surface area contributed by atoms with Crippen molar-refractivity contribution in [1.29, 1.82) is 0 Å². The first-order valence-corrected chi connectivity index (χ1v) is 16.4. The highest BCUT2D eigenvalue weighted by atomic mass is 24.5. The van der Waals surface area contributed by atoms with E-state index < -0.39 is 0 Å². The van der Waals surface area contributed by atoms with Gasteiger partial charge in [0.05, 0.1) is 0 Å². The standard InChI is InChI=1S/2C14H29.Mg/c2*1-3-5-7-9-11-13-14-12-10-8-6-4-2;/h2*1,3-14H2,2H3;. The van der Waals surface area contributed by atoms with E-state index in [1.54, 1.807) is 21.9 Å². The van der Waals surface area contributed by atoms with Crippen LogP contribution in [0.5, 0.6) is 0 Å². The first kappa shape index (κ1) is 29.8. The molecule has 0 bridgehead atoms. The molecule has 0 aliphatic carbocycles. The van der Waals surface area contributed by atoms with Crippen molar-refractivity contribution in [2.45, 2.75) is 177 Å². The van der Waals surface area contributed by atoms with Gasteiger partial charge in [0.2, 0.25) is 0 Å². The molecule has 1 heteroatoms. The van der Waals surface area contributed by atoms with Gasteiger partial charge in [-0.3, -0.25) is 0 Å². The Morgan fingerprint density at radius 2 is 0.483 bits per heavy atom. The fourth-order valence-electron chi connectivity index (χ4n) is 4.57. The largest absolute Gasteiger partial charge is 0.364 e. The van der Waals surface area contributed by atoms with Gasteiger partial charge in [0.25, 0.3) is 0 Å². The van der Waals surface area contributed by atoms with Crippen LogP contribution in [0.25, 0.3) is 0 Å². The molecular formula is C28H58Mg. The monoisotopic (exact) mass is 418 g/mol. The lowest BCUT2D eigenvalue weighted by molar-refractivity contribution is 0.546. The van der Waals surface area contributed by atoms with Gasteiger partial charge in [-0.2, -0.15) is 0 Å². The lowest BCUT2D eigenvalue weighted by Gasteiger charge is -2.03. The molecular weight excluding hydrogens is 361 g/mol. The predicted octanol–water partition coefficient (Wildman–Crippen LogP) is 10.9. The van der Waals surface area contributed by atoms with Crippen molar-refractivity contribution in [2.24, 2.45) is 0 Å². The maximum absolute atomic E-state index is 2.31. The van der Waals surface area contributed by atoms with Gasteiger partial charge in [-0.05, 0) is 0 Å². The van der Waals surface area contributed by atoms with Crippen LogP contribution in [0.2, 0.25) is 9.10 Å². The Morgan fingerprint density at radius 1 is 0.276 bits per heavy atom. The van der Waals surface area contributed by atoms with Crippen molar-refractivity contribution in [2.75, 3.05) is 0 Å². The quantitative estimate of drug-likeness (QED) is 0.0966. The number of hydrogen-bond donors (Lipinski definition) is 0. The van der Waals surface area contributed by atoms with Gasteiger partial charge in [0.1, 0.15) is 0 Å². The normalized spacial score (nSPS) is 11.1. The number of hydrogen-bond acceptors (Lipinski definition) is 0. The summed E-state index contributed by atoms with van der Waals surface area (Å²) < 4.78 is 3.27. The second kappa shape index (κ2) is 28.8. The summed E-state index contributed by atoms with van der Waals surface area (Å²) in [4.78, 5) is 0. The molecule has 0 saturated carbocycles. The maximum Gasteiger partial charge on any atom is 0.364 e. The van der Waals surface area contributed by atoms with E-state index in [2.05, 4.69) is 13.8 Å². The van der Waals surface area contributed by atoms with Crippen molar-refractivity contribution in [3.63, 3.8) is 0 Å². The van der Waals surface area contributed by atoms with Crippen molar-refractivity contribution < 1.29 is 0 Å². The lowest BCUT2D eigenvalue weighted by atomic mass is 10.1. The van der Waals surface area contributed by atoms with E-state index in [1.165, 1.54) is 141 Å². The minimum Gasteiger partial charge on any atom is -0.146 e. The molecule has 172 valence electrons. The maximum atomic E-state index is 2.31. The van der Waals surface area contributed by atoms with Gasteiger partial charge >= 0.3 is 20.4 Å². The fraction of sp³-hybridized carbons (Fsp3) is 1.00. The minimum absolute atomic E-state index is 0.295. The minimum atomic E-state index is 0.295. The second-order valence-corrected chi connectivity index (χ2v) is 12.0. The van der Waals surface area contributed by atoms with Gasteiger partial charge in [0, 0.05) is 0 Å². The van der Waals surface area contributed by atoms with E-state index in [9.17, 15) is 0 Å². The van der Waals surface area contributed by atoms with E-state index in [4.69, 9.17) is 0 Å². The molecule has 0 aliphatic heterocycles. The predicted molar refractivity (Wildman–Crippen MR) is 138 cm³/mol. The van der Waals surface area contributed by atoms with Crippen molar-refractivity contribution >= 4 is 20.4 Å². The average molecular weight is 419 g/mol. The molecule has 0 spiro atoms. The molecule has 0 aromatic rings. The Labute approximate surface area is 196 Å². The summed E-state index contributed by atoms with van der Waals surface area (Å²) in [6, 6.07) is 0. The molecule has 0 N–H and O–H groups in total. The van der Waals surface area contributed by atoms with Crippen LogP contribution in [0, 0.1) is 0 Å². The molecule has 0 saturated heterocycles. The Kier molecular flexibility index (Phi) is 29.5. The topological polar surface area (TPSA) is 0 Å². The summed E-state index contributed by atoms with van der Waals surface area (Å²) in [6.07, 6.45) is 35.8. The molecule has 0 nitrogen and oxygen atoms in total. The van der Waals surface area contributed by atoms with Gasteiger partial charge < -0.3 is 0 Å². The van der Waals surface area contributed by atoms with Gasteiger partial charge in [-0.1, -0.05) is 168 Å². The van der Waals surface area contributed by atoms with Crippen LogP contribution in [0.15, 0.2) is 0 Å². The van der Waals surface area contributed by atoms with Crippen LogP contribution in [0.3, 0.4) is 0 Å². The molecule has 0 unspecified atom stereocenters. The first-order valence-electron chi connectivity index (χ1n) is 14.4. The van der Waals surface area contributed by atoms with E-state index in [-0.39, 0.29) is 0 Å². The van der Waals surface area contributed by atoms with Gasteiger partial charge in [-0.25, -0.2) is 0 Å². The average Bonchev–Trinajstić information content (AvgIpc) is 2.74. The Balaban J connectivity index is 2.97. The third-order valence-corrected chi connectivity index (χ3v) is 8.71. The van der Waals surface area contributed by atoms with Gasteiger partial charge in [-0.15, -0.1) is 9.10 Å². The van der Waals surface area contributed by atoms with Crippen molar-refractivity contribution in [3.8, 4) is 0 Å². The van der Waals surface area contributed by atoms with Crippen LogP contribution in [-0.2, 0) is 0 Å². The molecule has 0 fully saturated rings. The lowest BCUT2D eigenvalue weighted by Crippen LogP contribution is -1.90. The molecule has 0 rings (SSSR count). The van der Waals surface area contributed by atoms with Crippen LogP contribution in [0.4, 0.5) is 0 Å². The zero-order valence-electron chi connectivity index (χ0n) is 21.1. The SMILES string of the molecule is CCCCCCCCCCCCC[CH2][Mg][CH2]CCCCCCCCCCCCC. The van der Waals surface area contributed by atoms with Crippen LogP contribution < -0.4 is 0 Å². The molecule has 0 aliphatic rings. The summed E-state index contributed by atoms with van der Waals surface area (Å²) in [5.74, 6) is 0. The zero-order valence-corrected chi connectivity index (χ0v) is 22.5. The Bertz CT molecular complexity index is 237. The van der Waals surface area contributed by atoms with E-state index in [1.807, 2.05) is 0 Å². The molecule has 0 atom stereocenters. The van der Waals surface area contributed by atoms with Gasteiger partial charge in [0.15, 0.2) is 0 Å². The number of rotatable bonds is 26. The van der Waals surface area contributed by atoms with Crippen LogP contribution in [-0.4, -0.2) is 20.4 Å². The highest BCUT2D eigenvalue weighted by Crippen LogP contribution is 2.14. The van der Waals surface area contributed by atoms with E-state index >= 15 is 0 Å². The van der Waals surface area contributed by atoms with Crippen molar-refractivity contribution in [3.05, 3.63) is 0 Å². The Hall–Kier alpha value is 0.766. The molecule has 0 aromatic heterocycles. The summed E-state index contributed by atoms with van der Waals surface area (Å²) in [5.41, 5.74) is 0. The second-order valence-electron chi connectivity index (χ2n) is 9.84. The van der Waals surface area contributed by atoms with Crippen molar-refractivity contribution in [1.82, 2.24) is 0 Å². The molecule has 0 radical (unpaired) electrons.